The van der Waals surface area contributed by atoms with Crippen molar-refractivity contribution in [1.82, 2.24) is 0 Å². The van der Waals surface area contributed by atoms with Crippen LogP contribution in [0.25, 0.3) is 0 Å². The standard InChI is InChI=1S/C6H13Br2O5P/c1-3(9)5(7)12-14(11)13-6(8)4(2)10/h3-6,9-10,14H,1-2H3. The monoisotopic (exact) mass is 354 g/mol. The van der Waals surface area contributed by atoms with E-state index in [4.69, 9.17) is 19.3 Å². The Morgan fingerprint density at radius 2 is 1.36 bits per heavy atom. The van der Waals surface area contributed by atoms with E-state index in [2.05, 4.69) is 31.9 Å². The van der Waals surface area contributed by atoms with E-state index in [9.17, 15) is 4.57 Å². The zero-order valence-corrected chi connectivity index (χ0v) is 11.9. The summed E-state index contributed by atoms with van der Waals surface area (Å²) in [4.78, 5) is 0. The largest absolute Gasteiger partial charge is 0.390 e. The lowest BCUT2D eigenvalue weighted by molar-refractivity contribution is 0.0710. The average molecular weight is 356 g/mol. The van der Waals surface area contributed by atoms with Crippen molar-refractivity contribution in [1.29, 1.82) is 0 Å². The SMILES string of the molecule is CC(O)C(Br)O[PH](=O)OC(Br)C(C)O. The molecule has 2 N–H and O–H groups in total. The molecule has 0 saturated carbocycles. The molecule has 4 atom stereocenters. The van der Waals surface area contributed by atoms with Crippen molar-refractivity contribution in [3.8, 4) is 0 Å². The molecule has 0 spiro atoms. The molecule has 4 unspecified atom stereocenters. The molecule has 0 radical (unpaired) electrons. The molecule has 0 aromatic rings. The lowest BCUT2D eigenvalue weighted by Crippen LogP contribution is -2.20. The predicted molar refractivity (Wildman–Crippen MR) is 60.0 cm³/mol. The maximum absolute atomic E-state index is 11.1. The van der Waals surface area contributed by atoms with Crippen LogP contribution in [0.1, 0.15) is 13.8 Å². The average Bonchev–Trinajstić information content (AvgIpc) is 2.03. The van der Waals surface area contributed by atoms with Crippen LogP contribution in [0.4, 0.5) is 0 Å². The zero-order chi connectivity index (χ0) is 11.3. The molecule has 8 heteroatoms. The molecule has 0 rings (SSSR count). The van der Waals surface area contributed by atoms with E-state index >= 15 is 0 Å². The van der Waals surface area contributed by atoms with Crippen LogP contribution in [-0.4, -0.2) is 32.4 Å². The van der Waals surface area contributed by atoms with Crippen molar-refractivity contribution in [2.75, 3.05) is 0 Å². The van der Waals surface area contributed by atoms with Gasteiger partial charge in [-0.25, -0.2) is 0 Å². The number of halogens is 2. The topological polar surface area (TPSA) is 76.0 Å². The van der Waals surface area contributed by atoms with Crippen molar-refractivity contribution >= 4 is 40.1 Å². The van der Waals surface area contributed by atoms with E-state index in [0.29, 0.717) is 0 Å². The van der Waals surface area contributed by atoms with Crippen LogP contribution in [0.15, 0.2) is 0 Å². The minimum Gasteiger partial charge on any atom is -0.390 e. The summed E-state index contributed by atoms with van der Waals surface area (Å²) in [7, 11) is -2.74. The summed E-state index contributed by atoms with van der Waals surface area (Å²) in [5.74, 6) is 0. The van der Waals surface area contributed by atoms with Crippen molar-refractivity contribution in [2.24, 2.45) is 0 Å². The lowest BCUT2D eigenvalue weighted by Gasteiger charge is -2.17. The molecule has 0 aliphatic heterocycles. The Balaban J connectivity index is 3.87. The second-order valence-electron chi connectivity index (χ2n) is 2.67. The zero-order valence-electron chi connectivity index (χ0n) is 7.68. The van der Waals surface area contributed by atoms with E-state index in [1.165, 1.54) is 13.8 Å². The first kappa shape index (κ1) is 15.0. The predicted octanol–water partition coefficient (Wildman–Crippen LogP) is 1.61. The Labute approximate surface area is 100.0 Å². The first-order valence-corrected chi connectivity index (χ1v) is 6.91. The van der Waals surface area contributed by atoms with Crippen molar-refractivity contribution < 1.29 is 23.8 Å². The van der Waals surface area contributed by atoms with E-state index in [1.54, 1.807) is 0 Å². The second-order valence-corrected chi connectivity index (χ2v) is 5.45. The number of aliphatic hydroxyl groups is 2. The van der Waals surface area contributed by atoms with E-state index < -0.39 is 30.5 Å². The molecule has 5 nitrogen and oxygen atoms in total. The van der Waals surface area contributed by atoms with Crippen molar-refractivity contribution in [3.63, 3.8) is 0 Å². The Bertz CT molecular complexity index is 171. The summed E-state index contributed by atoms with van der Waals surface area (Å²) in [5, 5.41) is 16.5. The van der Waals surface area contributed by atoms with Crippen LogP contribution in [0.3, 0.4) is 0 Å². The van der Waals surface area contributed by atoms with Gasteiger partial charge in [-0.05, 0) is 13.8 Å². The van der Waals surface area contributed by atoms with Crippen molar-refractivity contribution in [3.05, 3.63) is 0 Å². The maximum Gasteiger partial charge on any atom is 0.321 e. The Morgan fingerprint density at radius 1 is 1.07 bits per heavy atom. The number of hydrogen-bond acceptors (Lipinski definition) is 5. The number of hydrogen-bond donors (Lipinski definition) is 2. The fourth-order valence-electron chi connectivity index (χ4n) is 0.409. The van der Waals surface area contributed by atoms with Gasteiger partial charge in [0.25, 0.3) is 0 Å². The van der Waals surface area contributed by atoms with Crippen LogP contribution >= 0.6 is 40.1 Å². The maximum atomic E-state index is 11.1. The molecule has 0 aliphatic carbocycles. The first-order valence-electron chi connectivity index (χ1n) is 3.86. The molecule has 0 aromatic heterocycles. The van der Waals surface area contributed by atoms with E-state index in [1.807, 2.05) is 0 Å². The van der Waals surface area contributed by atoms with Crippen molar-refractivity contribution in [2.45, 2.75) is 36.1 Å². The summed E-state index contributed by atoms with van der Waals surface area (Å²) in [6.07, 6.45) is -1.60. The fraction of sp³-hybridized carbons (Fsp3) is 1.00. The van der Waals surface area contributed by atoms with Gasteiger partial charge in [-0.2, -0.15) is 0 Å². The lowest BCUT2D eigenvalue weighted by atomic mass is 10.5. The summed E-state index contributed by atoms with van der Waals surface area (Å²) >= 11 is 5.93. The van der Waals surface area contributed by atoms with Crippen LogP contribution in [0, 0.1) is 0 Å². The summed E-state index contributed by atoms with van der Waals surface area (Å²) in [6.45, 7) is 2.96. The van der Waals surface area contributed by atoms with Gasteiger partial charge in [0.1, 0.15) is 10.0 Å². The molecular weight excluding hydrogens is 343 g/mol. The molecule has 0 fully saturated rings. The van der Waals surface area contributed by atoms with Gasteiger partial charge in [-0.15, -0.1) is 0 Å². The van der Waals surface area contributed by atoms with Gasteiger partial charge in [-0.3, -0.25) is 13.6 Å². The minimum absolute atomic E-state index is 0.748. The van der Waals surface area contributed by atoms with Gasteiger partial charge in [-0.1, -0.05) is 31.9 Å². The van der Waals surface area contributed by atoms with Crippen LogP contribution in [-0.2, 0) is 13.6 Å². The molecule has 0 aromatic carbocycles. The number of rotatable bonds is 6. The highest BCUT2D eigenvalue weighted by Gasteiger charge is 2.19. The molecule has 0 aliphatic rings. The molecule has 0 heterocycles. The third-order valence-electron chi connectivity index (χ3n) is 1.18. The summed E-state index contributed by atoms with van der Waals surface area (Å²) in [5.41, 5.74) is 0. The van der Waals surface area contributed by atoms with E-state index in [0.717, 1.165) is 0 Å². The Hall–Kier alpha value is 1.03. The van der Waals surface area contributed by atoms with Crippen LogP contribution < -0.4 is 0 Å². The van der Waals surface area contributed by atoms with Crippen LogP contribution in [0.5, 0.6) is 0 Å². The number of aliphatic hydroxyl groups excluding tert-OH is 2. The first-order chi connectivity index (χ1) is 6.34. The second kappa shape index (κ2) is 7.33. The smallest absolute Gasteiger partial charge is 0.321 e. The minimum atomic E-state index is -2.74. The highest BCUT2D eigenvalue weighted by atomic mass is 79.9. The van der Waals surface area contributed by atoms with Gasteiger partial charge in [0, 0.05) is 0 Å². The Morgan fingerprint density at radius 3 is 1.57 bits per heavy atom. The summed E-state index contributed by atoms with van der Waals surface area (Å²) < 4.78 is 20.7. The molecule has 14 heavy (non-hydrogen) atoms. The fourth-order valence-corrected chi connectivity index (χ4v) is 2.14. The summed E-state index contributed by atoms with van der Waals surface area (Å²) in [6, 6.07) is 0. The highest BCUT2D eigenvalue weighted by molar-refractivity contribution is 9.09. The van der Waals surface area contributed by atoms with Gasteiger partial charge in [0.05, 0.1) is 12.2 Å². The van der Waals surface area contributed by atoms with Crippen LogP contribution in [0.2, 0.25) is 0 Å². The third kappa shape index (κ3) is 6.50. The molecule has 0 amide bonds. The Kier molecular flexibility index (Phi) is 7.87. The molecule has 0 saturated heterocycles. The highest BCUT2D eigenvalue weighted by Crippen LogP contribution is 2.33. The third-order valence-corrected chi connectivity index (χ3v) is 4.66. The molecule has 0 bridgehead atoms. The molecular formula is C6H13Br2O5P. The van der Waals surface area contributed by atoms with Gasteiger partial charge >= 0.3 is 8.25 Å². The molecule has 86 valence electrons. The normalized spacial score (nSPS) is 22.4. The quantitative estimate of drug-likeness (QED) is 0.559. The van der Waals surface area contributed by atoms with Gasteiger partial charge < -0.3 is 10.2 Å². The number of alkyl halides is 2. The van der Waals surface area contributed by atoms with E-state index in [-0.39, 0.29) is 0 Å². The van der Waals surface area contributed by atoms with Gasteiger partial charge in [0.2, 0.25) is 0 Å². The van der Waals surface area contributed by atoms with Gasteiger partial charge in [0.15, 0.2) is 0 Å².